The van der Waals surface area contributed by atoms with Gasteiger partial charge in [0.2, 0.25) is 0 Å². The lowest BCUT2D eigenvalue weighted by Gasteiger charge is -2.11. The van der Waals surface area contributed by atoms with Gasteiger partial charge in [0, 0.05) is 11.4 Å². The Morgan fingerprint density at radius 2 is 2.00 bits per heavy atom. The second-order valence-corrected chi connectivity index (χ2v) is 8.17. The number of carbonyl (C=O) groups is 1. The van der Waals surface area contributed by atoms with Gasteiger partial charge in [0.25, 0.3) is 5.91 Å². The first-order valence-corrected chi connectivity index (χ1v) is 10.1. The molecule has 0 aliphatic rings. The maximum Gasteiger partial charge on any atom is 0.272 e. The first-order valence-electron chi connectivity index (χ1n) is 8.48. The summed E-state index contributed by atoms with van der Waals surface area (Å²) < 4.78 is 7.58. The molecule has 0 aliphatic heterocycles. The van der Waals surface area contributed by atoms with Crippen LogP contribution in [0.2, 0.25) is 0 Å². The van der Waals surface area contributed by atoms with Crippen molar-refractivity contribution >= 4 is 44.7 Å². The van der Waals surface area contributed by atoms with E-state index in [0.29, 0.717) is 5.69 Å². The van der Waals surface area contributed by atoms with Crippen molar-refractivity contribution in [3.8, 4) is 0 Å². The number of fused-ring (bicyclic) bond motifs is 1. The molecule has 0 aliphatic carbocycles. The van der Waals surface area contributed by atoms with Gasteiger partial charge in [0.05, 0.1) is 21.6 Å². The number of nitrogens with zero attached hydrogens (tertiary/aromatic N) is 2. The number of rotatable bonds is 5. The van der Waals surface area contributed by atoms with Crippen molar-refractivity contribution in [1.29, 1.82) is 0 Å². The second kappa shape index (κ2) is 7.05. The summed E-state index contributed by atoms with van der Waals surface area (Å²) in [4.78, 5) is 14.0. The summed E-state index contributed by atoms with van der Waals surface area (Å²) in [5.74, 6) is -0.0761. The number of thiophene rings is 1. The zero-order valence-corrected chi connectivity index (χ0v) is 16.3. The van der Waals surface area contributed by atoms with Gasteiger partial charge in [-0.05, 0) is 54.9 Å². The van der Waals surface area contributed by atoms with E-state index in [4.69, 9.17) is 0 Å². The molecule has 0 saturated heterocycles. The minimum Gasteiger partial charge on any atom is -0.335 e. The Morgan fingerprint density at radius 1 is 1.19 bits per heavy atom. The Hall–Kier alpha value is -2.44. The molecule has 0 bridgehead atoms. The lowest BCUT2D eigenvalue weighted by Crippen LogP contribution is -2.18. The highest BCUT2D eigenvalue weighted by atomic mass is 32.1. The summed E-state index contributed by atoms with van der Waals surface area (Å²) in [6, 6.07) is 14.4. The summed E-state index contributed by atoms with van der Waals surface area (Å²) in [5, 5.41) is 5.13. The van der Waals surface area contributed by atoms with Crippen LogP contribution in [0, 0.1) is 13.8 Å². The van der Waals surface area contributed by atoms with Crippen molar-refractivity contribution in [3.05, 3.63) is 69.7 Å². The summed E-state index contributed by atoms with van der Waals surface area (Å²) in [6.07, 6.45) is 0.888. The van der Waals surface area contributed by atoms with E-state index in [9.17, 15) is 4.79 Å². The molecule has 3 aromatic heterocycles. The topological polar surface area (TPSA) is 46.9 Å². The SMILES string of the molecule is Cc1nsc(C)c1NC(=O)c1cc2sccc2n1CCc1ccccc1. The van der Waals surface area contributed by atoms with E-state index in [2.05, 4.69) is 37.8 Å². The normalized spacial score (nSPS) is 11.2. The lowest BCUT2D eigenvalue weighted by atomic mass is 10.1. The first-order chi connectivity index (χ1) is 12.6. The van der Waals surface area contributed by atoms with Crippen LogP contribution in [0.15, 0.2) is 47.8 Å². The fraction of sp³-hybridized carbons (Fsp3) is 0.200. The molecule has 0 fully saturated rings. The van der Waals surface area contributed by atoms with Gasteiger partial charge in [-0.3, -0.25) is 4.79 Å². The number of carbonyl (C=O) groups excluding carboxylic acids is 1. The predicted octanol–water partition coefficient (Wildman–Crippen LogP) is 5.27. The first kappa shape index (κ1) is 17.0. The highest BCUT2D eigenvalue weighted by Gasteiger charge is 2.19. The highest BCUT2D eigenvalue weighted by Crippen LogP contribution is 2.28. The van der Waals surface area contributed by atoms with Crippen molar-refractivity contribution in [2.45, 2.75) is 26.8 Å². The maximum atomic E-state index is 13.0. The van der Waals surface area contributed by atoms with Crippen LogP contribution in [0.25, 0.3) is 10.2 Å². The van der Waals surface area contributed by atoms with E-state index in [1.807, 2.05) is 38.1 Å². The second-order valence-electron chi connectivity index (χ2n) is 6.24. The zero-order chi connectivity index (χ0) is 18.1. The third-order valence-corrected chi connectivity index (χ3v) is 6.19. The number of aryl methyl sites for hydroxylation is 4. The Kier molecular flexibility index (Phi) is 4.61. The number of hydrogen-bond donors (Lipinski definition) is 1. The number of nitrogens with one attached hydrogen (secondary N) is 1. The Bertz CT molecular complexity index is 1040. The van der Waals surface area contributed by atoms with Crippen molar-refractivity contribution in [3.63, 3.8) is 0 Å². The van der Waals surface area contributed by atoms with Gasteiger partial charge in [0.15, 0.2) is 0 Å². The average molecular weight is 382 g/mol. The molecule has 132 valence electrons. The number of amides is 1. The van der Waals surface area contributed by atoms with Crippen LogP contribution < -0.4 is 5.32 Å². The molecular weight excluding hydrogens is 362 g/mol. The third-order valence-electron chi connectivity index (χ3n) is 4.49. The van der Waals surface area contributed by atoms with E-state index in [-0.39, 0.29) is 5.91 Å². The van der Waals surface area contributed by atoms with Crippen LogP contribution in [0.1, 0.15) is 26.6 Å². The van der Waals surface area contributed by atoms with Crippen molar-refractivity contribution in [2.24, 2.45) is 0 Å². The Labute approximate surface area is 160 Å². The monoisotopic (exact) mass is 381 g/mol. The fourth-order valence-corrected chi connectivity index (χ4v) is 4.61. The Morgan fingerprint density at radius 3 is 2.73 bits per heavy atom. The number of hydrogen-bond acceptors (Lipinski definition) is 4. The van der Waals surface area contributed by atoms with Crippen molar-refractivity contribution < 1.29 is 4.79 Å². The van der Waals surface area contributed by atoms with Crippen LogP contribution in [-0.2, 0) is 13.0 Å². The molecule has 0 spiro atoms. The largest absolute Gasteiger partial charge is 0.335 e. The van der Waals surface area contributed by atoms with Crippen molar-refractivity contribution in [1.82, 2.24) is 8.94 Å². The summed E-state index contributed by atoms with van der Waals surface area (Å²) in [7, 11) is 0. The van der Waals surface area contributed by atoms with Gasteiger partial charge < -0.3 is 9.88 Å². The van der Waals surface area contributed by atoms with E-state index < -0.39 is 0 Å². The van der Waals surface area contributed by atoms with Crippen LogP contribution in [0.4, 0.5) is 5.69 Å². The molecule has 1 amide bonds. The average Bonchev–Trinajstić information content (AvgIpc) is 3.32. The molecule has 0 radical (unpaired) electrons. The smallest absolute Gasteiger partial charge is 0.272 e. The standard InChI is InChI=1S/C20H19N3OS2/c1-13-19(14(2)26-22-13)21-20(24)17-12-18-16(9-11-25-18)23(17)10-8-15-6-4-3-5-7-15/h3-7,9,11-12H,8,10H2,1-2H3,(H,21,24). The van der Waals surface area contributed by atoms with E-state index in [1.165, 1.54) is 17.1 Å². The molecule has 6 heteroatoms. The van der Waals surface area contributed by atoms with Gasteiger partial charge in [-0.1, -0.05) is 30.3 Å². The molecule has 4 aromatic rings. The summed E-state index contributed by atoms with van der Waals surface area (Å²) >= 11 is 3.08. The highest BCUT2D eigenvalue weighted by molar-refractivity contribution is 7.17. The molecule has 4 rings (SSSR count). The quantitative estimate of drug-likeness (QED) is 0.512. The molecule has 26 heavy (non-hydrogen) atoms. The third kappa shape index (κ3) is 3.18. The van der Waals surface area contributed by atoms with Gasteiger partial charge in [0.1, 0.15) is 5.69 Å². The molecule has 1 N–H and O–H groups in total. The van der Waals surface area contributed by atoms with Crippen molar-refractivity contribution in [2.75, 3.05) is 5.32 Å². The van der Waals surface area contributed by atoms with E-state index in [1.54, 1.807) is 11.3 Å². The van der Waals surface area contributed by atoms with Gasteiger partial charge in [-0.2, -0.15) is 4.37 Å². The molecular formula is C20H19N3OS2. The molecule has 1 aromatic carbocycles. The molecule has 3 heterocycles. The minimum atomic E-state index is -0.0761. The van der Waals surface area contributed by atoms with Crippen LogP contribution in [-0.4, -0.2) is 14.8 Å². The summed E-state index contributed by atoms with van der Waals surface area (Å²) in [5.41, 5.74) is 4.79. The van der Waals surface area contributed by atoms with Gasteiger partial charge in [-0.15, -0.1) is 11.3 Å². The van der Waals surface area contributed by atoms with Crippen LogP contribution in [0.3, 0.4) is 0 Å². The van der Waals surface area contributed by atoms with Crippen LogP contribution >= 0.6 is 22.9 Å². The Balaban J connectivity index is 1.64. The van der Waals surface area contributed by atoms with Gasteiger partial charge in [-0.25, -0.2) is 0 Å². The lowest BCUT2D eigenvalue weighted by molar-refractivity contribution is 0.101. The predicted molar refractivity (Wildman–Crippen MR) is 110 cm³/mol. The fourth-order valence-electron chi connectivity index (χ4n) is 3.13. The number of anilines is 1. The molecule has 0 saturated carbocycles. The van der Waals surface area contributed by atoms with E-state index in [0.717, 1.165) is 39.4 Å². The maximum absolute atomic E-state index is 13.0. The van der Waals surface area contributed by atoms with Gasteiger partial charge >= 0.3 is 0 Å². The number of aromatic nitrogens is 2. The number of benzene rings is 1. The minimum absolute atomic E-state index is 0.0761. The summed E-state index contributed by atoms with van der Waals surface area (Å²) in [6.45, 7) is 4.67. The molecule has 0 unspecified atom stereocenters. The zero-order valence-electron chi connectivity index (χ0n) is 14.7. The van der Waals surface area contributed by atoms with Crippen LogP contribution in [0.5, 0.6) is 0 Å². The van der Waals surface area contributed by atoms with E-state index >= 15 is 0 Å². The molecule has 0 atom stereocenters. The molecule has 4 nitrogen and oxygen atoms in total.